The standard InChI is InChI=1S/C43H82N2O5S.C41H78N2O5S.C39H74N2O5S/c1-6-9-12-15-16-23-30-38-49-41(46)33-26-19-17-21-28-35-45(43(48)51-39-37-44(4)5)36-29-22-18-20-27-34-42(47)50-40(31-24-13-10-7-2)32-25-14-11-8-3;1-6-9-12-13-14-21-28-36-47-39(44)31-24-17-15-19-26-33-43(41(46)49-37-35-42(4)5)34-27-20-16-18-25-32-40(45)48-38(29-22-10-7-2)30-23-11-8-3;1-6-9-12-13-14-21-26-34-45-37(42)29-22-17-15-19-24-31-41(39(44)47-35-33-40(4)5)32-25-20-16-18-23-30-38(43)46-36(27-10-7-2)28-11-8-3/h23,30,40H,6-22,24-29,31-39H2,1-5H3;21,28,38H,6-20,22-27,29-37H2,1-5H3;21,26,36H,6-20,22-25,27-35H2,1-5H3/b30-23-;28-21-;26-21-. The molecule has 0 aromatic heterocycles. The Labute approximate surface area is 918 Å². The van der Waals surface area contributed by atoms with Crippen molar-refractivity contribution in [2.45, 2.75) is 562 Å². The molecule has 864 valence electrons. The van der Waals surface area contributed by atoms with Crippen LogP contribution in [0.1, 0.15) is 544 Å². The second kappa shape index (κ2) is 117. The smallest absolute Gasteiger partial charge is 0.306 e. The number of ether oxygens (including phenoxy) is 6. The molecule has 147 heavy (non-hydrogen) atoms. The molecule has 0 rings (SSSR count). The number of esters is 6. The van der Waals surface area contributed by atoms with Crippen molar-refractivity contribution in [2.75, 3.05) is 138 Å². The van der Waals surface area contributed by atoms with Gasteiger partial charge in [0.15, 0.2) is 0 Å². The van der Waals surface area contributed by atoms with E-state index < -0.39 is 0 Å². The normalized spacial score (nSPS) is 11.6. The predicted octanol–water partition coefficient (Wildman–Crippen LogP) is 34.6. The minimum Gasteiger partial charge on any atom is -0.462 e. The monoisotopic (exact) mass is 2130 g/mol. The van der Waals surface area contributed by atoms with Gasteiger partial charge in [-0.3, -0.25) is 43.2 Å². The topological polar surface area (TPSA) is 228 Å². The first-order chi connectivity index (χ1) is 71.5. The number of thioether (sulfide) groups is 3. The lowest BCUT2D eigenvalue weighted by Crippen LogP contribution is -2.30. The average Bonchev–Trinajstić information content (AvgIpc) is 0.935. The van der Waals surface area contributed by atoms with E-state index in [1.54, 1.807) is 0 Å². The number of nitrogens with zero attached hydrogens (tertiary/aromatic N) is 6. The van der Waals surface area contributed by atoms with Gasteiger partial charge in [-0.05, 0) is 222 Å². The third-order valence-electron chi connectivity index (χ3n) is 26.8. The molecule has 21 nitrogen and oxygen atoms in total. The van der Waals surface area contributed by atoms with E-state index in [4.69, 9.17) is 28.4 Å². The number of carbonyl (C=O) groups is 9. The van der Waals surface area contributed by atoms with Gasteiger partial charge in [-0.2, -0.15) is 0 Å². The van der Waals surface area contributed by atoms with Crippen LogP contribution in [0.5, 0.6) is 0 Å². The number of unbranched alkanes of at least 4 members (excludes halogenated alkanes) is 48. The molecule has 0 fully saturated rings. The van der Waals surface area contributed by atoms with Crippen LogP contribution in [0.4, 0.5) is 14.4 Å². The van der Waals surface area contributed by atoms with E-state index in [2.05, 4.69) is 95.2 Å². The SMILES string of the molecule is CCCCCC/C=C\COC(=O)CCCCCCCN(CCCCCCCC(=O)OC(CCCC)CCCC)C(=O)SCCN(C)C.CCCCCC/C=C\COC(=O)CCCCCCCN(CCCCCCCC(=O)OC(CCCCC)CCCCC)C(=O)SCCN(C)C.CCCCCC/C=C\COC(=O)CCCCCCCN(CCCCCCCC(=O)OC(CCCCCC)CCCCCC)C(=O)SCCN(C)C. The first-order valence-corrected chi connectivity index (χ1v) is 64.2. The lowest BCUT2D eigenvalue weighted by atomic mass is 10.0. The molecule has 0 heterocycles. The zero-order valence-corrected chi connectivity index (χ0v) is 101. The van der Waals surface area contributed by atoms with Crippen molar-refractivity contribution >= 4 is 86.8 Å². The maximum atomic E-state index is 13.0. The molecule has 0 unspecified atom stereocenters. The molecule has 0 N–H and O–H groups in total. The van der Waals surface area contributed by atoms with Crippen LogP contribution in [0.25, 0.3) is 0 Å². The summed E-state index contributed by atoms with van der Waals surface area (Å²) in [4.78, 5) is 125. The fourth-order valence-electron chi connectivity index (χ4n) is 17.2. The Bertz CT molecular complexity index is 3010. The van der Waals surface area contributed by atoms with Crippen LogP contribution in [0.15, 0.2) is 36.5 Å². The van der Waals surface area contributed by atoms with Crippen molar-refractivity contribution in [3.8, 4) is 0 Å². The number of amides is 3. The third-order valence-corrected chi connectivity index (χ3v) is 29.5. The fourth-order valence-corrected chi connectivity index (χ4v) is 20.2. The molecule has 0 aliphatic carbocycles. The molecule has 0 saturated heterocycles. The molecular formula is C123H234N6O15S3. The number of allylic oxidation sites excluding steroid dienone is 3. The number of hydrogen-bond acceptors (Lipinski definition) is 21. The molecule has 0 aromatic carbocycles. The van der Waals surface area contributed by atoms with Crippen LogP contribution in [0.2, 0.25) is 0 Å². The minimum atomic E-state index is -0.106. The summed E-state index contributed by atoms with van der Waals surface area (Å²) in [7, 11) is 12.2. The first kappa shape index (κ1) is 146. The van der Waals surface area contributed by atoms with Gasteiger partial charge in [0, 0.05) is 115 Å². The zero-order valence-electron chi connectivity index (χ0n) is 98.4. The third kappa shape index (κ3) is 111. The molecule has 0 aromatic rings. The largest absolute Gasteiger partial charge is 0.462 e. The van der Waals surface area contributed by atoms with Gasteiger partial charge in [0.1, 0.15) is 38.1 Å². The van der Waals surface area contributed by atoms with Crippen LogP contribution in [-0.2, 0) is 57.2 Å². The van der Waals surface area contributed by atoms with Crippen molar-refractivity contribution in [2.24, 2.45) is 0 Å². The van der Waals surface area contributed by atoms with Crippen LogP contribution in [0.3, 0.4) is 0 Å². The Morgan fingerprint density at radius 2 is 0.374 bits per heavy atom. The second-order valence-corrected chi connectivity index (χ2v) is 45.3. The Kier molecular flexibility index (Phi) is 116. The molecule has 24 heteroatoms. The minimum absolute atomic E-state index is 0.0198. The molecular weight excluding hydrogens is 1900 g/mol. The van der Waals surface area contributed by atoms with Crippen LogP contribution in [0, 0.1) is 0 Å². The summed E-state index contributed by atoms with van der Waals surface area (Å²) in [5.74, 6) is 2.02. The molecule has 0 spiro atoms. The van der Waals surface area contributed by atoms with E-state index >= 15 is 0 Å². The van der Waals surface area contributed by atoms with E-state index in [0.29, 0.717) is 58.3 Å². The van der Waals surface area contributed by atoms with Crippen molar-refractivity contribution in [1.29, 1.82) is 0 Å². The lowest BCUT2D eigenvalue weighted by molar-refractivity contribution is -0.151. The van der Waals surface area contributed by atoms with Crippen molar-refractivity contribution in [3.63, 3.8) is 0 Å². The summed E-state index contributed by atoms with van der Waals surface area (Å²) in [5, 5.41) is 0.569. The molecule has 0 bridgehead atoms. The first-order valence-electron chi connectivity index (χ1n) is 61.2. The molecule has 3 amide bonds. The number of rotatable bonds is 105. The maximum absolute atomic E-state index is 13.0. The van der Waals surface area contributed by atoms with Crippen molar-refractivity contribution in [3.05, 3.63) is 36.5 Å². The van der Waals surface area contributed by atoms with E-state index in [-0.39, 0.29) is 69.8 Å². The summed E-state index contributed by atoms with van der Waals surface area (Å²) in [6.07, 6.45) is 91.3. The van der Waals surface area contributed by atoms with Crippen molar-refractivity contribution < 1.29 is 71.6 Å². The highest BCUT2D eigenvalue weighted by molar-refractivity contribution is 8.14. The highest BCUT2D eigenvalue weighted by Crippen LogP contribution is 2.25. The quantitative estimate of drug-likeness (QED) is 0.0238. The number of hydrogen-bond donors (Lipinski definition) is 0. The van der Waals surface area contributed by atoms with Crippen LogP contribution < -0.4 is 0 Å². The van der Waals surface area contributed by atoms with Crippen LogP contribution in [-0.4, -0.2) is 238 Å². The Morgan fingerprint density at radius 1 is 0.197 bits per heavy atom. The van der Waals surface area contributed by atoms with Gasteiger partial charge in [-0.15, -0.1) is 0 Å². The van der Waals surface area contributed by atoms with Gasteiger partial charge in [0.2, 0.25) is 0 Å². The molecule has 0 atom stereocenters. The highest BCUT2D eigenvalue weighted by Gasteiger charge is 2.22. The second-order valence-electron chi connectivity index (χ2n) is 42.1. The summed E-state index contributed by atoms with van der Waals surface area (Å²) >= 11 is 4.29. The fraction of sp³-hybridized carbons (Fsp3) is 0.878. The van der Waals surface area contributed by atoms with Gasteiger partial charge < -0.3 is 57.8 Å². The zero-order chi connectivity index (χ0) is 109. The Hall–Kier alpha value is -4.62. The average molecular weight is 2130 g/mol. The Morgan fingerprint density at radius 3 is 0.592 bits per heavy atom. The van der Waals surface area contributed by atoms with E-state index in [1.165, 1.54) is 177 Å². The van der Waals surface area contributed by atoms with Gasteiger partial charge >= 0.3 is 35.8 Å². The van der Waals surface area contributed by atoms with E-state index in [1.807, 2.05) is 75.2 Å². The van der Waals surface area contributed by atoms with E-state index in [0.717, 1.165) is 378 Å². The van der Waals surface area contributed by atoms with Crippen LogP contribution >= 0.6 is 35.3 Å². The lowest BCUT2D eigenvalue weighted by Gasteiger charge is -2.22. The summed E-state index contributed by atoms with van der Waals surface area (Å²) < 4.78 is 33.6. The van der Waals surface area contributed by atoms with E-state index in [9.17, 15) is 43.2 Å². The molecule has 0 saturated carbocycles. The maximum Gasteiger partial charge on any atom is 0.306 e. The molecule has 0 radical (unpaired) electrons. The van der Waals surface area contributed by atoms with Gasteiger partial charge in [-0.25, -0.2) is 0 Å². The van der Waals surface area contributed by atoms with Crippen molar-refractivity contribution in [1.82, 2.24) is 29.4 Å². The Balaban J connectivity index is -0.00000212. The predicted molar refractivity (Wildman–Crippen MR) is 631 cm³/mol. The number of carbonyl (C=O) groups excluding carboxylic acids is 9. The van der Waals surface area contributed by atoms with Gasteiger partial charge in [0.05, 0.1) is 0 Å². The van der Waals surface area contributed by atoms with Gasteiger partial charge in [-0.1, -0.05) is 397 Å². The summed E-state index contributed by atoms with van der Waals surface area (Å²) in [6, 6.07) is 0. The summed E-state index contributed by atoms with van der Waals surface area (Å²) in [5.41, 5.74) is 0. The van der Waals surface area contributed by atoms with Gasteiger partial charge in [0.25, 0.3) is 15.7 Å². The summed E-state index contributed by atoms with van der Waals surface area (Å²) in [6.45, 7) is 28.5. The molecule has 0 aliphatic heterocycles. The highest BCUT2D eigenvalue weighted by atomic mass is 32.2. The molecule has 0 aliphatic rings.